The Balaban J connectivity index is 1.48. The molecule has 1 unspecified atom stereocenters. The van der Waals surface area contributed by atoms with Crippen LogP contribution in [0.5, 0.6) is 0 Å². The number of amides is 3. The third-order valence-electron chi connectivity index (χ3n) is 4.23. The molecule has 4 N–H and O–H groups in total. The Bertz CT molecular complexity index is 337. The first-order valence-electron chi connectivity index (χ1n) is 8.28. The van der Waals surface area contributed by atoms with Crippen LogP contribution >= 0.6 is 0 Å². The third kappa shape index (κ3) is 6.33. The van der Waals surface area contributed by atoms with Crippen molar-refractivity contribution in [2.45, 2.75) is 63.5 Å². The summed E-state index contributed by atoms with van der Waals surface area (Å²) in [6.45, 7) is 2.40. The fraction of sp³-hybridized carbons (Fsp3) is 0.867. The summed E-state index contributed by atoms with van der Waals surface area (Å²) >= 11 is 0. The fourth-order valence-corrected chi connectivity index (χ4v) is 3.01. The molecule has 0 aromatic rings. The van der Waals surface area contributed by atoms with Gasteiger partial charge in [-0.2, -0.15) is 0 Å². The molecule has 0 radical (unpaired) electrons. The van der Waals surface area contributed by atoms with Gasteiger partial charge in [-0.15, -0.1) is 0 Å². The molecular formula is C15H28N4O2. The summed E-state index contributed by atoms with van der Waals surface area (Å²) in [7, 11) is 0. The van der Waals surface area contributed by atoms with Crippen LogP contribution in [0.3, 0.4) is 0 Å². The molecule has 0 spiro atoms. The summed E-state index contributed by atoms with van der Waals surface area (Å²) in [5, 5.41) is 12.1. The van der Waals surface area contributed by atoms with E-state index < -0.39 is 0 Å². The van der Waals surface area contributed by atoms with Gasteiger partial charge in [0.25, 0.3) is 0 Å². The fourth-order valence-electron chi connectivity index (χ4n) is 3.01. The molecule has 1 atom stereocenters. The van der Waals surface area contributed by atoms with Gasteiger partial charge in [0, 0.05) is 31.6 Å². The molecule has 2 fully saturated rings. The van der Waals surface area contributed by atoms with E-state index in [0.29, 0.717) is 25.4 Å². The third-order valence-corrected chi connectivity index (χ3v) is 4.23. The number of carbonyl (C=O) groups is 2. The van der Waals surface area contributed by atoms with E-state index in [4.69, 9.17) is 0 Å². The molecule has 3 amide bonds. The minimum Gasteiger partial charge on any atom is -0.352 e. The Morgan fingerprint density at radius 2 is 1.81 bits per heavy atom. The number of hydrogen-bond acceptors (Lipinski definition) is 3. The van der Waals surface area contributed by atoms with Gasteiger partial charge < -0.3 is 21.3 Å². The zero-order valence-electron chi connectivity index (χ0n) is 12.7. The molecule has 2 rings (SSSR count). The molecule has 6 heteroatoms. The van der Waals surface area contributed by atoms with Crippen molar-refractivity contribution in [3.05, 3.63) is 0 Å². The van der Waals surface area contributed by atoms with E-state index in [0.717, 1.165) is 32.4 Å². The van der Waals surface area contributed by atoms with Crippen LogP contribution in [-0.2, 0) is 4.79 Å². The highest BCUT2D eigenvalue weighted by Gasteiger charge is 2.17. The second-order valence-corrected chi connectivity index (χ2v) is 6.10. The first-order chi connectivity index (χ1) is 10.2. The first-order valence-corrected chi connectivity index (χ1v) is 8.28. The lowest BCUT2D eigenvalue weighted by molar-refractivity contribution is -0.121. The van der Waals surface area contributed by atoms with Crippen LogP contribution in [-0.4, -0.2) is 43.7 Å². The second-order valence-electron chi connectivity index (χ2n) is 6.10. The summed E-state index contributed by atoms with van der Waals surface area (Å²) in [5.74, 6) is 0.0817. The van der Waals surface area contributed by atoms with E-state index in [1.165, 1.54) is 19.3 Å². The molecule has 1 saturated heterocycles. The van der Waals surface area contributed by atoms with Crippen molar-refractivity contribution in [2.24, 2.45) is 0 Å². The van der Waals surface area contributed by atoms with Crippen molar-refractivity contribution in [1.29, 1.82) is 0 Å². The maximum Gasteiger partial charge on any atom is 0.315 e. The van der Waals surface area contributed by atoms with Crippen molar-refractivity contribution in [2.75, 3.05) is 19.6 Å². The number of hydrogen-bond donors (Lipinski definition) is 4. The molecule has 6 nitrogen and oxygen atoms in total. The average Bonchev–Trinajstić information content (AvgIpc) is 2.97. The average molecular weight is 296 g/mol. The predicted molar refractivity (Wildman–Crippen MR) is 82.1 cm³/mol. The lowest BCUT2D eigenvalue weighted by Gasteiger charge is -2.22. The number of rotatable bonds is 6. The Morgan fingerprint density at radius 3 is 2.52 bits per heavy atom. The number of carbonyl (C=O) groups excluding carboxylic acids is 2. The maximum atomic E-state index is 11.7. The summed E-state index contributed by atoms with van der Waals surface area (Å²) in [4.78, 5) is 23.4. The van der Waals surface area contributed by atoms with E-state index in [-0.39, 0.29) is 18.0 Å². The van der Waals surface area contributed by atoms with Gasteiger partial charge in [-0.1, -0.05) is 19.3 Å². The van der Waals surface area contributed by atoms with Crippen molar-refractivity contribution < 1.29 is 9.59 Å². The van der Waals surface area contributed by atoms with E-state index >= 15 is 0 Å². The van der Waals surface area contributed by atoms with E-state index in [1.54, 1.807) is 0 Å². The van der Waals surface area contributed by atoms with Crippen LogP contribution in [0.15, 0.2) is 0 Å². The SMILES string of the molecule is O=C(CCCNC(=O)NC1CCCCC1)NC1CCNC1. The topological polar surface area (TPSA) is 82.3 Å². The number of urea groups is 1. The smallest absolute Gasteiger partial charge is 0.315 e. The van der Waals surface area contributed by atoms with Gasteiger partial charge in [-0.05, 0) is 32.2 Å². The van der Waals surface area contributed by atoms with Gasteiger partial charge >= 0.3 is 6.03 Å². The van der Waals surface area contributed by atoms with Crippen LogP contribution < -0.4 is 21.3 Å². The highest BCUT2D eigenvalue weighted by Crippen LogP contribution is 2.17. The summed E-state index contributed by atoms with van der Waals surface area (Å²) in [6, 6.07) is 0.513. The molecule has 1 aliphatic heterocycles. The Morgan fingerprint density at radius 1 is 1.00 bits per heavy atom. The largest absolute Gasteiger partial charge is 0.352 e. The lowest BCUT2D eigenvalue weighted by Crippen LogP contribution is -2.43. The molecular weight excluding hydrogens is 268 g/mol. The molecule has 1 heterocycles. The van der Waals surface area contributed by atoms with Gasteiger partial charge in [0.2, 0.25) is 5.91 Å². The van der Waals surface area contributed by atoms with Crippen molar-refractivity contribution in [1.82, 2.24) is 21.3 Å². The van der Waals surface area contributed by atoms with Gasteiger partial charge in [0.05, 0.1) is 0 Å². The molecule has 21 heavy (non-hydrogen) atoms. The molecule has 120 valence electrons. The Labute approximate surface area is 126 Å². The summed E-state index contributed by atoms with van der Waals surface area (Å²) in [5.41, 5.74) is 0. The minimum atomic E-state index is -0.0951. The molecule has 2 aliphatic rings. The van der Waals surface area contributed by atoms with Gasteiger partial charge in [0.1, 0.15) is 0 Å². The predicted octanol–water partition coefficient (Wildman–Crippen LogP) is 0.877. The van der Waals surface area contributed by atoms with E-state index in [2.05, 4.69) is 21.3 Å². The molecule has 0 aromatic heterocycles. The van der Waals surface area contributed by atoms with Crippen molar-refractivity contribution >= 4 is 11.9 Å². The summed E-state index contributed by atoms with van der Waals surface area (Å²) in [6.07, 6.45) is 8.04. The first kappa shape index (κ1) is 16.1. The molecule has 1 saturated carbocycles. The number of nitrogens with one attached hydrogen (secondary N) is 4. The lowest BCUT2D eigenvalue weighted by atomic mass is 9.96. The standard InChI is InChI=1S/C15H28N4O2/c20-14(18-13-8-10-16-11-13)7-4-9-17-15(21)19-12-5-2-1-3-6-12/h12-13,16H,1-11H2,(H,18,20)(H2,17,19,21). The normalized spacial score (nSPS) is 22.8. The second kappa shape index (κ2) is 8.87. The van der Waals surface area contributed by atoms with Crippen LogP contribution in [0.25, 0.3) is 0 Å². The van der Waals surface area contributed by atoms with Crippen LogP contribution in [0.2, 0.25) is 0 Å². The Hall–Kier alpha value is -1.30. The van der Waals surface area contributed by atoms with Crippen molar-refractivity contribution in [3.8, 4) is 0 Å². The zero-order chi connectivity index (χ0) is 14.9. The summed E-state index contributed by atoms with van der Waals surface area (Å²) < 4.78 is 0. The quantitative estimate of drug-likeness (QED) is 0.549. The van der Waals surface area contributed by atoms with Crippen LogP contribution in [0.4, 0.5) is 4.79 Å². The van der Waals surface area contributed by atoms with Crippen LogP contribution in [0, 0.1) is 0 Å². The highest BCUT2D eigenvalue weighted by molar-refractivity contribution is 5.76. The molecule has 0 aromatic carbocycles. The molecule has 0 bridgehead atoms. The monoisotopic (exact) mass is 296 g/mol. The zero-order valence-corrected chi connectivity index (χ0v) is 12.7. The minimum absolute atomic E-state index is 0.0817. The van der Waals surface area contributed by atoms with Crippen LogP contribution in [0.1, 0.15) is 51.4 Å². The Kier molecular flexibility index (Phi) is 6.79. The van der Waals surface area contributed by atoms with Gasteiger partial charge in [-0.25, -0.2) is 4.79 Å². The van der Waals surface area contributed by atoms with Crippen molar-refractivity contribution in [3.63, 3.8) is 0 Å². The van der Waals surface area contributed by atoms with E-state index in [1.807, 2.05) is 0 Å². The van der Waals surface area contributed by atoms with E-state index in [9.17, 15) is 9.59 Å². The molecule has 1 aliphatic carbocycles. The maximum absolute atomic E-state index is 11.7. The van der Waals surface area contributed by atoms with Gasteiger partial charge in [0.15, 0.2) is 0 Å². The highest BCUT2D eigenvalue weighted by atomic mass is 16.2. The van der Waals surface area contributed by atoms with Gasteiger partial charge in [-0.3, -0.25) is 4.79 Å².